The van der Waals surface area contributed by atoms with Crippen LogP contribution in [0.3, 0.4) is 0 Å². The first-order valence-corrected chi connectivity index (χ1v) is 7.48. The van der Waals surface area contributed by atoms with Gasteiger partial charge in [-0.3, -0.25) is 4.79 Å². The monoisotopic (exact) mass is 290 g/mol. The van der Waals surface area contributed by atoms with Crippen LogP contribution in [-0.4, -0.2) is 34.6 Å². The number of anilines is 1. The molecule has 2 N–H and O–H groups in total. The Bertz CT molecular complexity index is 512. The van der Waals surface area contributed by atoms with Gasteiger partial charge in [-0.05, 0) is 43.4 Å². The number of carboxylic acids is 1. The summed E-state index contributed by atoms with van der Waals surface area (Å²) >= 11 is 0. The normalized spacial score (nSPS) is 13.8. The summed E-state index contributed by atoms with van der Waals surface area (Å²) in [4.78, 5) is 24.8. The molecule has 0 aliphatic heterocycles. The third-order valence-electron chi connectivity index (χ3n) is 3.52. The third-order valence-corrected chi connectivity index (χ3v) is 3.52. The van der Waals surface area contributed by atoms with E-state index in [0.717, 1.165) is 37.1 Å². The van der Waals surface area contributed by atoms with Crippen molar-refractivity contribution in [1.82, 2.24) is 4.90 Å². The first-order valence-electron chi connectivity index (χ1n) is 7.48. The highest BCUT2D eigenvalue weighted by molar-refractivity contribution is 5.89. The highest BCUT2D eigenvalue weighted by Crippen LogP contribution is 2.27. The second kappa shape index (κ2) is 7.11. The maximum Gasteiger partial charge on any atom is 0.322 e. The average molecular weight is 290 g/mol. The van der Waals surface area contributed by atoms with E-state index >= 15 is 0 Å². The van der Waals surface area contributed by atoms with Gasteiger partial charge in [-0.2, -0.15) is 0 Å². The van der Waals surface area contributed by atoms with E-state index in [1.165, 1.54) is 0 Å². The summed E-state index contributed by atoms with van der Waals surface area (Å²) in [5.74, 6) is -0.813. The Kier molecular flexibility index (Phi) is 5.20. The van der Waals surface area contributed by atoms with Crippen molar-refractivity contribution < 1.29 is 14.7 Å². The van der Waals surface area contributed by atoms with Gasteiger partial charge >= 0.3 is 12.0 Å². The fourth-order valence-corrected chi connectivity index (χ4v) is 2.33. The molecule has 2 amide bonds. The van der Waals surface area contributed by atoms with E-state index in [-0.39, 0.29) is 12.5 Å². The van der Waals surface area contributed by atoms with Gasteiger partial charge in [-0.1, -0.05) is 19.1 Å². The van der Waals surface area contributed by atoms with Crippen LogP contribution in [0.15, 0.2) is 24.3 Å². The molecule has 0 bridgehead atoms. The van der Waals surface area contributed by atoms with Gasteiger partial charge in [0.05, 0.1) is 0 Å². The maximum atomic E-state index is 12.3. The van der Waals surface area contributed by atoms with Gasteiger partial charge < -0.3 is 15.3 Å². The molecular formula is C16H22N2O3. The highest BCUT2D eigenvalue weighted by atomic mass is 16.4. The number of aryl methyl sites for hydroxylation is 1. The van der Waals surface area contributed by atoms with E-state index in [2.05, 4.69) is 12.2 Å². The maximum absolute atomic E-state index is 12.3. The largest absolute Gasteiger partial charge is 0.481 e. The first-order chi connectivity index (χ1) is 10.1. The summed E-state index contributed by atoms with van der Waals surface area (Å²) in [7, 11) is 0. The Hall–Kier alpha value is -2.04. The number of rotatable bonds is 7. The predicted octanol–water partition coefficient (Wildman–Crippen LogP) is 3.11. The predicted molar refractivity (Wildman–Crippen MR) is 81.4 cm³/mol. The quantitative estimate of drug-likeness (QED) is 0.810. The van der Waals surface area contributed by atoms with Crippen LogP contribution in [-0.2, 0) is 11.2 Å². The minimum atomic E-state index is -0.813. The first kappa shape index (κ1) is 15.4. The standard InChI is InChI=1S/C16H22N2O3/c1-2-10-18(14-7-8-14)16(21)17-13-5-3-4-12(11-13)6-9-15(19)20/h3-5,11,14H,2,6-10H2,1H3,(H,17,21)(H,19,20). The average Bonchev–Trinajstić information content (AvgIpc) is 3.27. The molecule has 0 aromatic heterocycles. The molecule has 1 aromatic rings. The Morgan fingerprint density at radius 3 is 2.76 bits per heavy atom. The minimum absolute atomic E-state index is 0.0604. The van der Waals surface area contributed by atoms with E-state index in [1.54, 1.807) is 0 Å². The molecule has 0 heterocycles. The van der Waals surface area contributed by atoms with Crippen molar-refractivity contribution in [2.45, 2.75) is 45.1 Å². The highest BCUT2D eigenvalue weighted by Gasteiger charge is 2.31. The van der Waals surface area contributed by atoms with Gasteiger partial charge in [-0.25, -0.2) is 4.79 Å². The number of hydrogen-bond acceptors (Lipinski definition) is 2. The molecule has 1 saturated carbocycles. The zero-order valence-electron chi connectivity index (χ0n) is 12.3. The molecule has 21 heavy (non-hydrogen) atoms. The van der Waals surface area contributed by atoms with Gasteiger partial charge in [0.2, 0.25) is 0 Å². The Balaban J connectivity index is 1.96. The number of hydrogen-bond donors (Lipinski definition) is 2. The van der Waals surface area contributed by atoms with E-state index < -0.39 is 5.97 Å². The number of aliphatic carboxylic acids is 1. The van der Waals surface area contributed by atoms with Gasteiger partial charge in [-0.15, -0.1) is 0 Å². The molecule has 1 fully saturated rings. The van der Waals surface area contributed by atoms with Crippen LogP contribution in [0, 0.1) is 0 Å². The lowest BCUT2D eigenvalue weighted by Crippen LogP contribution is -2.37. The fourth-order valence-electron chi connectivity index (χ4n) is 2.33. The third kappa shape index (κ3) is 4.77. The molecule has 0 saturated heterocycles. The zero-order valence-corrected chi connectivity index (χ0v) is 12.3. The summed E-state index contributed by atoms with van der Waals surface area (Å²) in [6.45, 7) is 2.84. The van der Waals surface area contributed by atoms with Crippen LogP contribution in [0.5, 0.6) is 0 Å². The summed E-state index contributed by atoms with van der Waals surface area (Å²) in [6.07, 6.45) is 3.70. The minimum Gasteiger partial charge on any atom is -0.481 e. The molecule has 5 nitrogen and oxygen atoms in total. The number of nitrogens with zero attached hydrogens (tertiary/aromatic N) is 1. The molecule has 0 atom stereocenters. The Labute approximate surface area is 125 Å². The summed E-state index contributed by atoms with van der Waals surface area (Å²) < 4.78 is 0. The van der Waals surface area contributed by atoms with Gasteiger partial charge in [0, 0.05) is 24.7 Å². The van der Waals surface area contributed by atoms with Crippen molar-refractivity contribution >= 4 is 17.7 Å². The van der Waals surface area contributed by atoms with Crippen LogP contribution in [0.2, 0.25) is 0 Å². The SMILES string of the molecule is CCCN(C(=O)Nc1cccc(CCC(=O)O)c1)C1CC1. The fraction of sp³-hybridized carbons (Fsp3) is 0.500. The molecule has 114 valence electrons. The number of benzene rings is 1. The molecule has 1 aromatic carbocycles. The van der Waals surface area contributed by atoms with Crippen LogP contribution in [0.25, 0.3) is 0 Å². The lowest BCUT2D eigenvalue weighted by atomic mass is 10.1. The number of carbonyl (C=O) groups excluding carboxylic acids is 1. The van der Waals surface area contributed by atoms with Gasteiger partial charge in [0.25, 0.3) is 0 Å². The van der Waals surface area contributed by atoms with Crippen LogP contribution in [0.1, 0.15) is 38.2 Å². The van der Waals surface area contributed by atoms with E-state index in [0.29, 0.717) is 12.5 Å². The number of carboxylic acid groups (broad SMARTS) is 1. The smallest absolute Gasteiger partial charge is 0.322 e. The molecule has 0 radical (unpaired) electrons. The van der Waals surface area contributed by atoms with Crippen molar-refractivity contribution in [1.29, 1.82) is 0 Å². The van der Waals surface area contributed by atoms with Crippen molar-refractivity contribution in [2.75, 3.05) is 11.9 Å². The second-order valence-corrected chi connectivity index (χ2v) is 5.45. The lowest BCUT2D eigenvalue weighted by molar-refractivity contribution is -0.136. The zero-order chi connectivity index (χ0) is 15.2. The number of carbonyl (C=O) groups is 2. The molecular weight excluding hydrogens is 268 g/mol. The molecule has 0 spiro atoms. The van der Waals surface area contributed by atoms with Crippen LogP contribution >= 0.6 is 0 Å². The summed E-state index contributed by atoms with van der Waals surface area (Å²) in [5.41, 5.74) is 1.65. The number of nitrogens with one attached hydrogen (secondary N) is 1. The van der Waals surface area contributed by atoms with E-state index in [1.807, 2.05) is 29.2 Å². The van der Waals surface area contributed by atoms with Gasteiger partial charge in [0.15, 0.2) is 0 Å². The van der Waals surface area contributed by atoms with E-state index in [4.69, 9.17) is 5.11 Å². The van der Waals surface area contributed by atoms with Gasteiger partial charge in [0.1, 0.15) is 0 Å². The number of urea groups is 1. The molecule has 1 aliphatic rings. The lowest BCUT2D eigenvalue weighted by Gasteiger charge is -2.22. The van der Waals surface area contributed by atoms with Crippen molar-refractivity contribution in [3.05, 3.63) is 29.8 Å². The van der Waals surface area contributed by atoms with Crippen molar-refractivity contribution in [3.63, 3.8) is 0 Å². The van der Waals surface area contributed by atoms with Crippen LogP contribution in [0.4, 0.5) is 10.5 Å². The molecule has 5 heteroatoms. The Morgan fingerprint density at radius 1 is 1.38 bits per heavy atom. The molecule has 2 rings (SSSR count). The van der Waals surface area contributed by atoms with Crippen LogP contribution < -0.4 is 5.32 Å². The topological polar surface area (TPSA) is 69.6 Å². The Morgan fingerprint density at radius 2 is 2.14 bits per heavy atom. The molecule has 0 unspecified atom stereocenters. The second-order valence-electron chi connectivity index (χ2n) is 5.45. The van der Waals surface area contributed by atoms with E-state index in [9.17, 15) is 9.59 Å². The molecule has 1 aliphatic carbocycles. The van der Waals surface area contributed by atoms with Crippen molar-refractivity contribution in [2.24, 2.45) is 0 Å². The van der Waals surface area contributed by atoms with Crippen molar-refractivity contribution in [3.8, 4) is 0 Å². The summed E-state index contributed by atoms with van der Waals surface area (Å²) in [6, 6.07) is 7.73. The number of amides is 2. The summed E-state index contributed by atoms with van der Waals surface area (Å²) in [5, 5.41) is 11.6.